The molecule has 10 rings (SSSR count). The van der Waals surface area contributed by atoms with E-state index < -0.39 is 0 Å². The van der Waals surface area contributed by atoms with Crippen molar-refractivity contribution in [1.29, 1.82) is 0 Å². The molecule has 2 aromatic heterocycles. The van der Waals surface area contributed by atoms with Crippen LogP contribution in [0.1, 0.15) is 25.0 Å². The van der Waals surface area contributed by atoms with Crippen LogP contribution in [0.5, 0.6) is 0 Å². The smallest absolute Gasteiger partial charge is 0.164 e. The molecule has 0 bridgehead atoms. The van der Waals surface area contributed by atoms with E-state index >= 15 is 0 Å². The second-order valence-electron chi connectivity index (χ2n) is 13.3. The van der Waals surface area contributed by atoms with E-state index in [9.17, 15) is 0 Å². The molecular formula is C44H29N3O. The summed E-state index contributed by atoms with van der Waals surface area (Å²) in [5.41, 5.74) is 9.39. The number of hydrogen-bond acceptors (Lipinski definition) is 4. The van der Waals surface area contributed by atoms with E-state index in [1.54, 1.807) is 0 Å². The molecule has 0 amide bonds. The van der Waals surface area contributed by atoms with Gasteiger partial charge in [-0.05, 0) is 74.1 Å². The van der Waals surface area contributed by atoms with Gasteiger partial charge in [-0.3, -0.25) is 0 Å². The summed E-state index contributed by atoms with van der Waals surface area (Å²) in [7, 11) is 0. The van der Waals surface area contributed by atoms with Crippen molar-refractivity contribution in [1.82, 2.24) is 15.0 Å². The highest BCUT2D eigenvalue weighted by atomic mass is 16.3. The number of benzene rings is 7. The Hall–Kier alpha value is -6.13. The van der Waals surface area contributed by atoms with Gasteiger partial charge in [0.2, 0.25) is 0 Å². The minimum absolute atomic E-state index is 0.213. The van der Waals surface area contributed by atoms with E-state index in [1.165, 1.54) is 33.0 Å². The zero-order valence-corrected chi connectivity index (χ0v) is 26.5. The van der Waals surface area contributed by atoms with Crippen LogP contribution in [-0.2, 0) is 5.41 Å². The van der Waals surface area contributed by atoms with Crippen molar-refractivity contribution < 1.29 is 4.42 Å². The summed E-state index contributed by atoms with van der Waals surface area (Å²) in [6, 6.07) is 49.0. The Balaban J connectivity index is 1.20. The summed E-state index contributed by atoms with van der Waals surface area (Å²) in [5, 5.41) is 6.85. The Morgan fingerprint density at radius 2 is 1.02 bits per heavy atom. The predicted octanol–water partition coefficient (Wildman–Crippen LogP) is 11.4. The molecule has 4 heteroatoms. The molecule has 9 aromatic rings. The molecule has 0 saturated heterocycles. The highest BCUT2D eigenvalue weighted by Gasteiger charge is 2.38. The zero-order chi connectivity index (χ0) is 32.0. The lowest BCUT2D eigenvalue weighted by atomic mass is 9.80. The van der Waals surface area contributed by atoms with Crippen molar-refractivity contribution in [3.8, 4) is 45.3 Å². The number of furan rings is 1. The molecule has 0 fully saturated rings. The van der Waals surface area contributed by atoms with Crippen molar-refractivity contribution in [2.45, 2.75) is 19.3 Å². The molecule has 0 aliphatic heterocycles. The predicted molar refractivity (Wildman–Crippen MR) is 196 cm³/mol. The average molecular weight is 616 g/mol. The van der Waals surface area contributed by atoms with Gasteiger partial charge in [-0.2, -0.15) is 0 Å². The summed E-state index contributed by atoms with van der Waals surface area (Å²) >= 11 is 0. The number of hydrogen-bond donors (Lipinski definition) is 0. The lowest BCUT2D eigenvalue weighted by Crippen LogP contribution is -2.17. The normalized spacial score (nSPS) is 13.4. The van der Waals surface area contributed by atoms with Crippen LogP contribution in [0.15, 0.2) is 144 Å². The zero-order valence-electron chi connectivity index (χ0n) is 26.5. The molecule has 4 nitrogen and oxygen atoms in total. The number of rotatable bonds is 3. The highest BCUT2D eigenvalue weighted by Crippen LogP contribution is 2.51. The maximum Gasteiger partial charge on any atom is 0.164 e. The summed E-state index contributed by atoms with van der Waals surface area (Å²) in [4.78, 5) is 15.5. The van der Waals surface area contributed by atoms with Gasteiger partial charge in [-0.15, -0.1) is 0 Å². The molecule has 0 radical (unpaired) electrons. The minimum Gasteiger partial charge on any atom is -0.456 e. The minimum atomic E-state index is -0.213. The second kappa shape index (κ2) is 9.93. The SMILES string of the molecule is CC1(C)c2ccccc2-c2cccc(-c3nc(-c4ccc5ccccc5c4)nc(-c4ccc5c(c4)oc4cc6ccccc6cc45)n3)c21. The summed E-state index contributed by atoms with van der Waals surface area (Å²) < 4.78 is 6.45. The number of aromatic nitrogens is 3. The Labute approximate surface area is 277 Å². The first-order valence-corrected chi connectivity index (χ1v) is 16.4. The molecule has 1 aliphatic carbocycles. The van der Waals surface area contributed by atoms with Crippen molar-refractivity contribution in [2.24, 2.45) is 0 Å². The van der Waals surface area contributed by atoms with Gasteiger partial charge in [-0.25, -0.2) is 15.0 Å². The average Bonchev–Trinajstić information content (AvgIpc) is 3.60. The van der Waals surface area contributed by atoms with Gasteiger partial charge in [0.15, 0.2) is 17.5 Å². The molecule has 0 unspecified atom stereocenters. The van der Waals surface area contributed by atoms with Crippen molar-refractivity contribution in [3.05, 3.63) is 151 Å². The van der Waals surface area contributed by atoms with Crippen LogP contribution in [0.2, 0.25) is 0 Å². The Morgan fingerprint density at radius 1 is 0.438 bits per heavy atom. The standard InChI is InChI=1S/C44H29N3O/c1-44(2)37-17-8-7-14-32(37)34-15-9-16-35(40(34)44)43-46-41(30-19-18-26-10-3-4-11-27(26)22-30)45-42(47-43)31-20-21-33-36-23-28-12-5-6-13-29(28)24-39(36)48-38(33)25-31/h3-25H,1-2H3. The third-order valence-corrected chi connectivity index (χ3v) is 10.1. The van der Waals surface area contributed by atoms with Crippen LogP contribution in [-0.4, -0.2) is 15.0 Å². The van der Waals surface area contributed by atoms with Gasteiger partial charge in [-0.1, -0.05) is 123 Å². The molecule has 2 heterocycles. The van der Waals surface area contributed by atoms with Crippen LogP contribution >= 0.6 is 0 Å². The van der Waals surface area contributed by atoms with Crippen LogP contribution in [0.3, 0.4) is 0 Å². The molecule has 0 spiro atoms. The van der Waals surface area contributed by atoms with Crippen LogP contribution in [0.25, 0.3) is 88.8 Å². The topological polar surface area (TPSA) is 51.8 Å². The second-order valence-corrected chi connectivity index (χ2v) is 13.3. The number of fused-ring (bicyclic) bond motifs is 8. The fourth-order valence-corrected chi connectivity index (χ4v) is 7.72. The first-order valence-electron chi connectivity index (χ1n) is 16.4. The molecule has 0 N–H and O–H groups in total. The van der Waals surface area contributed by atoms with Gasteiger partial charge in [0.05, 0.1) is 0 Å². The fourth-order valence-electron chi connectivity index (χ4n) is 7.72. The molecule has 0 atom stereocenters. The van der Waals surface area contributed by atoms with E-state index in [4.69, 9.17) is 19.4 Å². The maximum atomic E-state index is 6.45. The first-order chi connectivity index (χ1) is 23.5. The summed E-state index contributed by atoms with van der Waals surface area (Å²) in [5.74, 6) is 1.92. The lowest BCUT2D eigenvalue weighted by Gasteiger charge is -2.24. The van der Waals surface area contributed by atoms with E-state index in [0.29, 0.717) is 17.5 Å². The van der Waals surface area contributed by atoms with E-state index in [0.717, 1.165) is 49.4 Å². The van der Waals surface area contributed by atoms with Crippen molar-refractivity contribution in [2.75, 3.05) is 0 Å². The molecule has 7 aromatic carbocycles. The summed E-state index contributed by atoms with van der Waals surface area (Å²) in [6.45, 7) is 4.60. The molecule has 0 saturated carbocycles. The fraction of sp³-hybridized carbons (Fsp3) is 0.0682. The quantitative estimate of drug-likeness (QED) is 0.198. The van der Waals surface area contributed by atoms with Crippen LogP contribution < -0.4 is 0 Å². The van der Waals surface area contributed by atoms with Crippen LogP contribution in [0, 0.1) is 0 Å². The van der Waals surface area contributed by atoms with Gasteiger partial charge >= 0.3 is 0 Å². The molecule has 1 aliphatic rings. The summed E-state index contributed by atoms with van der Waals surface area (Å²) in [6.07, 6.45) is 0. The van der Waals surface area contributed by atoms with Crippen LogP contribution in [0.4, 0.5) is 0 Å². The molecule has 226 valence electrons. The Kier molecular flexibility index (Phi) is 5.59. The number of nitrogens with zero attached hydrogens (tertiary/aromatic N) is 3. The third kappa shape index (κ3) is 3.99. The lowest BCUT2D eigenvalue weighted by molar-refractivity contribution is 0.661. The van der Waals surface area contributed by atoms with Crippen molar-refractivity contribution in [3.63, 3.8) is 0 Å². The van der Waals surface area contributed by atoms with Gasteiger partial charge in [0.25, 0.3) is 0 Å². The van der Waals surface area contributed by atoms with E-state index in [-0.39, 0.29) is 5.41 Å². The van der Waals surface area contributed by atoms with Crippen molar-refractivity contribution >= 4 is 43.5 Å². The molecular weight excluding hydrogens is 587 g/mol. The Bertz CT molecular complexity index is 2770. The van der Waals surface area contributed by atoms with Gasteiger partial charge in [0, 0.05) is 32.9 Å². The third-order valence-electron chi connectivity index (χ3n) is 10.1. The maximum absolute atomic E-state index is 6.45. The highest BCUT2D eigenvalue weighted by molar-refractivity contribution is 6.10. The first kappa shape index (κ1) is 27.0. The Morgan fingerprint density at radius 3 is 1.83 bits per heavy atom. The molecule has 48 heavy (non-hydrogen) atoms. The van der Waals surface area contributed by atoms with E-state index in [2.05, 4.69) is 153 Å². The monoisotopic (exact) mass is 615 g/mol. The van der Waals surface area contributed by atoms with E-state index in [1.807, 2.05) is 0 Å². The van der Waals surface area contributed by atoms with Gasteiger partial charge in [0.1, 0.15) is 11.2 Å². The largest absolute Gasteiger partial charge is 0.456 e. The van der Waals surface area contributed by atoms with Gasteiger partial charge < -0.3 is 4.42 Å².